The zero-order valence-corrected chi connectivity index (χ0v) is 18.0. The second-order valence-electron chi connectivity index (χ2n) is 8.44. The summed E-state index contributed by atoms with van der Waals surface area (Å²) >= 11 is 0. The number of rotatable bonds is 4. The van der Waals surface area contributed by atoms with Crippen molar-refractivity contribution in [1.82, 2.24) is 34.3 Å². The zero-order valence-electron chi connectivity index (χ0n) is 18.0. The molecular formula is C23H23FN8. The third-order valence-electron chi connectivity index (χ3n) is 6.58. The monoisotopic (exact) mass is 430 g/mol. The predicted molar refractivity (Wildman–Crippen MR) is 117 cm³/mol. The molecule has 1 aliphatic heterocycles. The Balaban J connectivity index is 1.50. The Morgan fingerprint density at radius 1 is 1.16 bits per heavy atom. The maximum absolute atomic E-state index is 13.8. The number of aryl methyl sites for hydroxylation is 1. The van der Waals surface area contributed by atoms with Gasteiger partial charge in [-0.15, -0.1) is 10.2 Å². The summed E-state index contributed by atoms with van der Waals surface area (Å²) in [5, 5.41) is 8.58. The molecule has 0 spiro atoms. The molecule has 4 aromatic rings. The number of anilines is 1. The minimum atomic E-state index is -0.233. The van der Waals surface area contributed by atoms with Gasteiger partial charge < -0.3 is 4.90 Å². The van der Waals surface area contributed by atoms with Crippen LogP contribution in [0.15, 0.2) is 43.1 Å². The summed E-state index contributed by atoms with van der Waals surface area (Å²) in [7, 11) is 0. The molecule has 1 unspecified atom stereocenters. The van der Waals surface area contributed by atoms with Gasteiger partial charge in [0.25, 0.3) is 0 Å². The van der Waals surface area contributed by atoms with Crippen molar-refractivity contribution in [3.05, 3.63) is 60.3 Å². The summed E-state index contributed by atoms with van der Waals surface area (Å²) in [6.45, 7) is 3.92. The molecule has 1 atom stereocenters. The maximum atomic E-state index is 13.8. The van der Waals surface area contributed by atoms with E-state index >= 15 is 0 Å². The molecule has 1 fully saturated rings. The third-order valence-corrected chi connectivity index (χ3v) is 6.58. The van der Waals surface area contributed by atoms with Crippen LogP contribution in [-0.4, -0.2) is 40.3 Å². The Bertz CT molecular complexity index is 1310. The fourth-order valence-corrected chi connectivity index (χ4v) is 4.70. The van der Waals surface area contributed by atoms with E-state index < -0.39 is 0 Å². The van der Waals surface area contributed by atoms with Gasteiger partial charge in [0.05, 0.1) is 12.2 Å². The molecule has 32 heavy (non-hydrogen) atoms. The highest BCUT2D eigenvalue weighted by atomic mass is 19.1. The standard InChI is InChI=1S/C23H23FN8/c1-3-18-22-29-27-13-31(22)19-12-26-23(28-21(19)32(18)16-5-4-6-16)30-10-9-25-20(30)15-7-8-17(24)14(2)11-15/h7-13,16,18H,3-6H2,1-2H3. The average molecular weight is 430 g/mol. The lowest BCUT2D eigenvalue weighted by Crippen LogP contribution is -2.46. The van der Waals surface area contributed by atoms with E-state index in [9.17, 15) is 4.39 Å². The summed E-state index contributed by atoms with van der Waals surface area (Å²) in [5.41, 5.74) is 2.29. The molecule has 1 aromatic carbocycles. The van der Waals surface area contributed by atoms with E-state index in [0.29, 0.717) is 23.4 Å². The van der Waals surface area contributed by atoms with Crippen molar-refractivity contribution in [2.75, 3.05) is 4.90 Å². The smallest absolute Gasteiger partial charge is 0.237 e. The molecule has 3 aromatic heterocycles. The van der Waals surface area contributed by atoms with Gasteiger partial charge in [-0.2, -0.15) is 4.98 Å². The van der Waals surface area contributed by atoms with Crippen LogP contribution >= 0.6 is 0 Å². The van der Waals surface area contributed by atoms with E-state index in [0.717, 1.165) is 42.2 Å². The van der Waals surface area contributed by atoms with Crippen LogP contribution in [0.25, 0.3) is 23.0 Å². The van der Waals surface area contributed by atoms with Crippen molar-refractivity contribution in [3.63, 3.8) is 0 Å². The van der Waals surface area contributed by atoms with Crippen LogP contribution in [0.1, 0.15) is 50.0 Å². The quantitative estimate of drug-likeness (QED) is 0.483. The van der Waals surface area contributed by atoms with Crippen LogP contribution in [0.5, 0.6) is 0 Å². The number of hydrogen-bond acceptors (Lipinski definition) is 6. The number of fused-ring (bicyclic) bond motifs is 3. The van der Waals surface area contributed by atoms with Gasteiger partial charge in [0, 0.05) is 24.0 Å². The lowest BCUT2D eigenvalue weighted by atomic mass is 9.89. The number of benzene rings is 1. The molecular weight excluding hydrogens is 407 g/mol. The first-order chi connectivity index (χ1) is 15.7. The largest absolute Gasteiger partial charge is 0.341 e. The molecule has 0 N–H and O–H groups in total. The minimum absolute atomic E-state index is 0.125. The fraction of sp³-hybridized carbons (Fsp3) is 0.348. The van der Waals surface area contributed by atoms with Crippen molar-refractivity contribution in [3.8, 4) is 23.0 Å². The average Bonchev–Trinajstić information content (AvgIpc) is 3.44. The molecule has 0 amide bonds. The highest BCUT2D eigenvalue weighted by molar-refractivity contribution is 5.64. The van der Waals surface area contributed by atoms with Gasteiger partial charge in [-0.25, -0.2) is 14.4 Å². The molecule has 2 aliphatic rings. The first-order valence-electron chi connectivity index (χ1n) is 11.0. The number of halogens is 1. The van der Waals surface area contributed by atoms with Crippen molar-refractivity contribution in [2.45, 2.75) is 51.6 Å². The number of aromatic nitrogens is 7. The number of hydrogen-bond donors (Lipinski definition) is 0. The predicted octanol–water partition coefficient (Wildman–Crippen LogP) is 4.18. The summed E-state index contributed by atoms with van der Waals surface area (Å²) < 4.78 is 17.7. The first-order valence-corrected chi connectivity index (χ1v) is 11.0. The normalized spacial score (nSPS) is 17.7. The van der Waals surface area contributed by atoms with E-state index in [-0.39, 0.29) is 11.9 Å². The second-order valence-corrected chi connectivity index (χ2v) is 8.44. The summed E-state index contributed by atoms with van der Waals surface area (Å²) in [6, 6.07) is 5.56. The van der Waals surface area contributed by atoms with Gasteiger partial charge in [-0.1, -0.05) is 6.92 Å². The van der Waals surface area contributed by atoms with Crippen LogP contribution in [0.2, 0.25) is 0 Å². The minimum Gasteiger partial charge on any atom is -0.341 e. The summed E-state index contributed by atoms with van der Waals surface area (Å²) in [5.74, 6) is 2.82. The third kappa shape index (κ3) is 2.77. The van der Waals surface area contributed by atoms with Crippen LogP contribution in [-0.2, 0) is 0 Å². The van der Waals surface area contributed by atoms with Crippen molar-refractivity contribution < 1.29 is 4.39 Å². The zero-order chi connectivity index (χ0) is 21.8. The van der Waals surface area contributed by atoms with E-state index in [2.05, 4.69) is 32.0 Å². The van der Waals surface area contributed by atoms with Crippen molar-refractivity contribution >= 4 is 5.82 Å². The molecule has 0 bridgehead atoms. The topological polar surface area (TPSA) is 77.5 Å². The van der Waals surface area contributed by atoms with Crippen LogP contribution in [0.4, 0.5) is 10.2 Å². The summed E-state index contributed by atoms with van der Waals surface area (Å²) in [4.78, 5) is 16.6. The van der Waals surface area contributed by atoms with Gasteiger partial charge >= 0.3 is 0 Å². The molecule has 4 heterocycles. The Labute approximate surface area is 184 Å². The molecule has 1 saturated carbocycles. The highest BCUT2D eigenvalue weighted by Gasteiger charge is 2.39. The van der Waals surface area contributed by atoms with Gasteiger partial charge in [-0.3, -0.25) is 9.13 Å². The first kappa shape index (κ1) is 19.1. The van der Waals surface area contributed by atoms with E-state index in [1.807, 2.05) is 21.5 Å². The Kier molecular flexibility index (Phi) is 4.31. The SMILES string of the molecule is CCC1c2nncn2-c2cnc(-n3ccnc3-c3ccc(F)c(C)c3)nc2N1C1CCC1. The van der Waals surface area contributed by atoms with Gasteiger partial charge in [0.15, 0.2) is 11.6 Å². The fourth-order valence-electron chi connectivity index (χ4n) is 4.70. The molecule has 162 valence electrons. The molecule has 1 aliphatic carbocycles. The Hall–Kier alpha value is -3.62. The van der Waals surface area contributed by atoms with E-state index in [4.69, 9.17) is 4.98 Å². The molecule has 6 rings (SSSR count). The second kappa shape index (κ2) is 7.22. The lowest BCUT2D eigenvalue weighted by Gasteiger charge is -2.45. The van der Waals surface area contributed by atoms with Gasteiger partial charge in [0.1, 0.15) is 23.7 Å². The Morgan fingerprint density at radius 2 is 2.03 bits per heavy atom. The van der Waals surface area contributed by atoms with Crippen LogP contribution in [0.3, 0.4) is 0 Å². The van der Waals surface area contributed by atoms with Crippen molar-refractivity contribution in [1.29, 1.82) is 0 Å². The molecule has 8 nitrogen and oxygen atoms in total. The molecule has 9 heteroatoms. The van der Waals surface area contributed by atoms with Crippen LogP contribution in [0, 0.1) is 12.7 Å². The van der Waals surface area contributed by atoms with Crippen LogP contribution < -0.4 is 4.90 Å². The molecule has 0 radical (unpaired) electrons. The van der Waals surface area contributed by atoms with Gasteiger partial charge in [0.2, 0.25) is 5.95 Å². The van der Waals surface area contributed by atoms with Crippen molar-refractivity contribution in [2.24, 2.45) is 0 Å². The maximum Gasteiger partial charge on any atom is 0.237 e. The molecule has 0 saturated heterocycles. The highest BCUT2D eigenvalue weighted by Crippen LogP contribution is 2.43. The Morgan fingerprint density at radius 3 is 2.78 bits per heavy atom. The number of imidazole rings is 1. The van der Waals surface area contributed by atoms with E-state index in [1.165, 1.54) is 12.5 Å². The van der Waals surface area contributed by atoms with Gasteiger partial charge in [-0.05, 0) is 56.4 Å². The number of nitrogens with zero attached hydrogens (tertiary/aromatic N) is 8. The summed E-state index contributed by atoms with van der Waals surface area (Å²) in [6.07, 6.45) is 11.6. The van der Waals surface area contributed by atoms with E-state index in [1.54, 1.807) is 31.6 Å². The lowest BCUT2D eigenvalue weighted by molar-refractivity contribution is 0.341.